The molecule has 32 heavy (non-hydrogen) atoms. The summed E-state index contributed by atoms with van der Waals surface area (Å²) in [4.78, 5) is 37.3. The maximum atomic E-state index is 13.3. The maximum absolute atomic E-state index is 13.3. The van der Waals surface area contributed by atoms with Gasteiger partial charge in [0, 0.05) is 16.8 Å². The molecule has 0 aromatic heterocycles. The van der Waals surface area contributed by atoms with Crippen LogP contribution in [0.2, 0.25) is 0 Å². The Labute approximate surface area is 187 Å². The molecule has 0 bridgehead atoms. The summed E-state index contributed by atoms with van der Waals surface area (Å²) in [6.45, 7) is 10.6. The van der Waals surface area contributed by atoms with Crippen molar-refractivity contribution in [2.75, 3.05) is 11.9 Å². The van der Waals surface area contributed by atoms with Gasteiger partial charge in [-0.2, -0.15) is 0 Å². The van der Waals surface area contributed by atoms with Gasteiger partial charge in [0.25, 0.3) is 5.91 Å². The van der Waals surface area contributed by atoms with E-state index in [0.29, 0.717) is 11.3 Å². The quantitative estimate of drug-likeness (QED) is 0.566. The highest BCUT2D eigenvalue weighted by Gasteiger charge is 2.27. The summed E-state index contributed by atoms with van der Waals surface area (Å²) in [6.07, 6.45) is -0.747. The van der Waals surface area contributed by atoms with Crippen LogP contribution in [0.5, 0.6) is 0 Å². The Balaban J connectivity index is 2.00. The zero-order chi connectivity index (χ0) is 23.9. The van der Waals surface area contributed by atoms with Crippen LogP contribution in [0.15, 0.2) is 60.7 Å². The maximum Gasteiger partial charge on any atom is 0.411 e. The topological polar surface area (TPSA) is 96.5 Å². The summed E-state index contributed by atoms with van der Waals surface area (Å²) in [5, 5.41) is 7.90. The molecule has 0 spiro atoms. The number of rotatable bonds is 7. The summed E-state index contributed by atoms with van der Waals surface area (Å²) in [6, 6.07) is 11.3. The van der Waals surface area contributed by atoms with E-state index in [2.05, 4.69) is 22.5 Å². The van der Waals surface area contributed by atoms with E-state index in [4.69, 9.17) is 4.74 Å². The summed E-state index contributed by atoms with van der Waals surface area (Å²) in [7, 11) is 0. The van der Waals surface area contributed by atoms with Crippen molar-refractivity contribution in [3.05, 3.63) is 77.6 Å². The number of nitrogens with one attached hydrogen (secondary N) is 3. The third-order valence-corrected chi connectivity index (χ3v) is 4.24. The van der Waals surface area contributed by atoms with Crippen molar-refractivity contribution >= 4 is 23.6 Å². The van der Waals surface area contributed by atoms with Gasteiger partial charge in [-0.25, -0.2) is 9.18 Å². The average Bonchev–Trinajstić information content (AvgIpc) is 2.71. The van der Waals surface area contributed by atoms with E-state index < -0.39 is 35.3 Å². The molecular weight excluding hydrogens is 413 g/mol. The molecule has 8 heteroatoms. The molecule has 0 saturated heterocycles. The number of amides is 3. The number of halogens is 1. The fraction of sp³-hybridized carbons (Fsp3) is 0.292. The van der Waals surface area contributed by atoms with Gasteiger partial charge < -0.3 is 15.4 Å². The first-order valence-corrected chi connectivity index (χ1v) is 10.0. The molecule has 0 fully saturated rings. The van der Waals surface area contributed by atoms with Crippen LogP contribution >= 0.6 is 0 Å². The Morgan fingerprint density at radius 3 is 2.19 bits per heavy atom. The minimum Gasteiger partial charge on any atom is -0.444 e. The van der Waals surface area contributed by atoms with Crippen LogP contribution in [-0.2, 0) is 14.3 Å². The third kappa shape index (κ3) is 7.86. The standard InChI is InChI=1S/C24H28FN3O4/c1-15-6-12-19(13-7-15)26-23(31)32-14-16(2)21(29)27-20(22(30)28-24(3,4)5)17-8-10-18(25)11-9-17/h6-13,20H,2,14H2,1,3-5H3,(H,26,31)(H,27,29)(H,28,30). The second-order valence-electron chi connectivity index (χ2n) is 8.37. The number of hydrogen-bond acceptors (Lipinski definition) is 4. The lowest BCUT2D eigenvalue weighted by Gasteiger charge is -2.26. The number of ether oxygens (including phenoxy) is 1. The molecule has 0 aliphatic rings. The molecule has 0 aliphatic carbocycles. The Morgan fingerprint density at radius 2 is 1.62 bits per heavy atom. The second kappa shape index (κ2) is 10.6. The van der Waals surface area contributed by atoms with Crippen molar-refractivity contribution in [2.45, 2.75) is 39.3 Å². The fourth-order valence-corrected chi connectivity index (χ4v) is 2.64. The first-order chi connectivity index (χ1) is 14.9. The van der Waals surface area contributed by atoms with Crippen LogP contribution in [-0.4, -0.2) is 30.1 Å². The van der Waals surface area contributed by atoms with Gasteiger partial charge in [0.2, 0.25) is 5.91 Å². The summed E-state index contributed by atoms with van der Waals surface area (Å²) >= 11 is 0. The lowest BCUT2D eigenvalue weighted by atomic mass is 10.0. The lowest BCUT2D eigenvalue weighted by Crippen LogP contribution is -2.48. The molecule has 3 amide bonds. The van der Waals surface area contributed by atoms with E-state index >= 15 is 0 Å². The van der Waals surface area contributed by atoms with Gasteiger partial charge in [-0.05, 0) is 57.5 Å². The summed E-state index contributed by atoms with van der Waals surface area (Å²) < 4.78 is 18.4. The van der Waals surface area contributed by atoms with E-state index in [1.807, 2.05) is 19.1 Å². The van der Waals surface area contributed by atoms with Gasteiger partial charge in [0.05, 0.1) is 0 Å². The smallest absolute Gasteiger partial charge is 0.411 e. The van der Waals surface area contributed by atoms with Crippen molar-refractivity contribution < 1.29 is 23.5 Å². The molecule has 2 rings (SSSR count). The molecule has 2 aromatic carbocycles. The highest BCUT2D eigenvalue weighted by Crippen LogP contribution is 2.17. The number of aryl methyl sites for hydroxylation is 1. The Bertz CT molecular complexity index is 980. The van der Waals surface area contributed by atoms with Gasteiger partial charge in [0.1, 0.15) is 18.5 Å². The van der Waals surface area contributed by atoms with Crippen LogP contribution in [0.4, 0.5) is 14.9 Å². The monoisotopic (exact) mass is 441 g/mol. The van der Waals surface area contributed by atoms with Gasteiger partial charge in [-0.1, -0.05) is 36.4 Å². The Morgan fingerprint density at radius 1 is 1.03 bits per heavy atom. The van der Waals surface area contributed by atoms with E-state index in [-0.39, 0.29) is 12.2 Å². The van der Waals surface area contributed by atoms with E-state index in [1.54, 1.807) is 32.9 Å². The molecule has 2 aromatic rings. The number of carbonyl (C=O) groups is 3. The van der Waals surface area contributed by atoms with Crippen molar-refractivity contribution in [2.24, 2.45) is 0 Å². The van der Waals surface area contributed by atoms with Crippen LogP contribution in [0, 0.1) is 12.7 Å². The molecule has 0 aliphatic heterocycles. The molecule has 0 saturated carbocycles. The molecule has 3 N–H and O–H groups in total. The first-order valence-electron chi connectivity index (χ1n) is 10.0. The summed E-state index contributed by atoms with van der Waals surface area (Å²) in [5.41, 5.74) is 1.38. The van der Waals surface area contributed by atoms with Gasteiger partial charge >= 0.3 is 6.09 Å². The Kier molecular flexibility index (Phi) is 8.12. The van der Waals surface area contributed by atoms with E-state index in [9.17, 15) is 18.8 Å². The molecule has 7 nitrogen and oxygen atoms in total. The van der Waals surface area contributed by atoms with Crippen LogP contribution in [0.25, 0.3) is 0 Å². The Hall–Kier alpha value is -3.68. The van der Waals surface area contributed by atoms with Gasteiger partial charge in [-0.15, -0.1) is 0 Å². The zero-order valence-corrected chi connectivity index (χ0v) is 18.6. The minimum atomic E-state index is -1.08. The number of carbonyl (C=O) groups excluding carboxylic acids is 3. The number of hydrogen-bond donors (Lipinski definition) is 3. The molecule has 170 valence electrons. The average molecular weight is 442 g/mol. The van der Waals surface area contributed by atoms with Crippen LogP contribution < -0.4 is 16.0 Å². The van der Waals surface area contributed by atoms with Crippen molar-refractivity contribution in [3.8, 4) is 0 Å². The minimum absolute atomic E-state index is 0.0558. The second-order valence-corrected chi connectivity index (χ2v) is 8.37. The highest BCUT2D eigenvalue weighted by molar-refractivity contribution is 5.97. The lowest BCUT2D eigenvalue weighted by molar-refractivity contribution is -0.128. The highest BCUT2D eigenvalue weighted by atomic mass is 19.1. The van der Waals surface area contributed by atoms with E-state index in [1.165, 1.54) is 24.3 Å². The van der Waals surface area contributed by atoms with Gasteiger partial charge in [0.15, 0.2) is 0 Å². The predicted molar refractivity (Wildman–Crippen MR) is 120 cm³/mol. The van der Waals surface area contributed by atoms with Crippen molar-refractivity contribution in [1.82, 2.24) is 10.6 Å². The number of anilines is 1. The van der Waals surface area contributed by atoms with Crippen molar-refractivity contribution in [3.63, 3.8) is 0 Å². The fourth-order valence-electron chi connectivity index (χ4n) is 2.64. The SMILES string of the molecule is C=C(COC(=O)Nc1ccc(C)cc1)C(=O)NC(C(=O)NC(C)(C)C)c1ccc(F)cc1. The predicted octanol–water partition coefficient (Wildman–Crippen LogP) is 4.01. The normalized spacial score (nSPS) is 11.8. The molecular formula is C24H28FN3O4. The molecule has 0 heterocycles. The van der Waals surface area contributed by atoms with E-state index in [0.717, 1.165) is 5.56 Å². The zero-order valence-electron chi connectivity index (χ0n) is 18.6. The summed E-state index contributed by atoms with van der Waals surface area (Å²) in [5.74, 6) is -1.61. The molecule has 0 radical (unpaired) electrons. The molecule has 1 atom stereocenters. The first kappa shape index (κ1) is 24.6. The van der Waals surface area contributed by atoms with Crippen LogP contribution in [0.1, 0.15) is 37.9 Å². The number of benzene rings is 2. The van der Waals surface area contributed by atoms with Crippen molar-refractivity contribution in [1.29, 1.82) is 0 Å². The molecule has 1 unspecified atom stereocenters. The third-order valence-electron chi connectivity index (χ3n) is 4.24. The van der Waals surface area contributed by atoms with Gasteiger partial charge in [-0.3, -0.25) is 14.9 Å². The largest absolute Gasteiger partial charge is 0.444 e. The van der Waals surface area contributed by atoms with Crippen LogP contribution in [0.3, 0.4) is 0 Å².